The number of hydrazone groups is 1. The lowest BCUT2D eigenvalue weighted by atomic mass is 10.1. The quantitative estimate of drug-likeness (QED) is 0.0944. The number of amides is 2. The Morgan fingerprint density at radius 3 is 2.21 bits per heavy atom. The Bertz CT molecular complexity index is 1340. The molecule has 0 unspecified atom stereocenters. The predicted octanol–water partition coefficient (Wildman–Crippen LogP) is 7.93. The highest BCUT2D eigenvalue weighted by molar-refractivity contribution is 7.86. The molecule has 0 aliphatic carbocycles. The number of unbranched alkanes of at least 4 members (excludes halogenated alkanes) is 11. The van der Waals surface area contributed by atoms with Gasteiger partial charge in [0.1, 0.15) is 22.2 Å². The summed E-state index contributed by atoms with van der Waals surface area (Å²) in [5.41, 5.74) is 0.122. The Labute approximate surface area is 256 Å². The monoisotopic (exact) mass is 611 g/mol. The number of hydrogen-bond acceptors (Lipinski definition) is 6. The van der Waals surface area contributed by atoms with E-state index in [-0.39, 0.29) is 29.6 Å². The molecule has 1 aliphatic heterocycles. The molecule has 2 N–H and O–H groups in total. The van der Waals surface area contributed by atoms with Gasteiger partial charge in [0.15, 0.2) is 0 Å². The van der Waals surface area contributed by atoms with E-state index in [0.717, 1.165) is 36.8 Å². The number of carbonyl (C=O) groups excluding carboxylic acids is 2. The molecule has 2 aromatic rings. The van der Waals surface area contributed by atoms with Crippen LogP contribution in [0.3, 0.4) is 0 Å². The molecule has 0 bridgehead atoms. The van der Waals surface area contributed by atoms with Gasteiger partial charge in [0, 0.05) is 6.42 Å². The van der Waals surface area contributed by atoms with Crippen molar-refractivity contribution in [2.45, 2.75) is 108 Å². The molecule has 234 valence electrons. The molecule has 0 spiro atoms. The number of ether oxygens (including phenoxy) is 1. The summed E-state index contributed by atoms with van der Waals surface area (Å²) in [6.45, 7) is 2.25. The van der Waals surface area contributed by atoms with Crippen LogP contribution in [0.5, 0.6) is 11.5 Å². The third-order valence-corrected chi connectivity index (χ3v) is 8.02. The number of para-hydroxylation sites is 1. The summed E-state index contributed by atoms with van der Waals surface area (Å²) < 4.78 is 39.5. The van der Waals surface area contributed by atoms with E-state index >= 15 is 0 Å². The van der Waals surface area contributed by atoms with Crippen molar-refractivity contribution in [2.75, 3.05) is 5.01 Å². The van der Waals surface area contributed by atoms with Crippen molar-refractivity contribution >= 4 is 33.5 Å². The molecule has 2 aromatic carbocycles. The molecule has 0 fully saturated rings. The van der Waals surface area contributed by atoms with Crippen LogP contribution in [0.1, 0.15) is 103 Å². The summed E-state index contributed by atoms with van der Waals surface area (Å²) in [6.07, 6.45) is 20.2. The topological polar surface area (TPSA) is 125 Å². The van der Waals surface area contributed by atoms with Crippen LogP contribution in [0, 0.1) is 0 Å². The Morgan fingerprint density at radius 1 is 0.930 bits per heavy atom. The van der Waals surface area contributed by atoms with E-state index in [1.54, 1.807) is 30.3 Å². The van der Waals surface area contributed by atoms with Crippen molar-refractivity contribution in [1.82, 2.24) is 5.32 Å². The van der Waals surface area contributed by atoms with E-state index in [1.807, 2.05) is 0 Å². The first-order valence-electron chi connectivity index (χ1n) is 15.5. The predicted molar refractivity (Wildman–Crippen MR) is 170 cm³/mol. The van der Waals surface area contributed by atoms with Crippen LogP contribution in [-0.2, 0) is 19.7 Å². The minimum Gasteiger partial charge on any atom is -0.456 e. The van der Waals surface area contributed by atoms with Gasteiger partial charge < -0.3 is 10.1 Å². The van der Waals surface area contributed by atoms with Crippen LogP contribution >= 0.6 is 0 Å². The Hall–Kier alpha value is -3.50. The molecule has 0 aromatic heterocycles. The lowest BCUT2D eigenvalue weighted by molar-refractivity contribution is -0.119. The van der Waals surface area contributed by atoms with Crippen molar-refractivity contribution in [3.8, 4) is 11.5 Å². The number of benzene rings is 2. The largest absolute Gasteiger partial charge is 0.456 e. The second kappa shape index (κ2) is 18.2. The standard InChI is InChI=1S/C33H45N3O6S/c1-2-3-4-5-6-7-8-9-10-11-12-13-14-15-19-22-32(37)34-31-26-33(38)36(35-31)27-23-24-29(30(25-27)43(39,40)41)42-28-20-17-16-18-21-28/h12-13,16-18,20-21,23-25H,2-11,14-15,19,22,26H2,1H3,(H,34,35,37)(H,39,40,41)/b13-12-. The zero-order valence-corrected chi connectivity index (χ0v) is 26.0. The van der Waals surface area contributed by atoms with Gasteiger partial charge in [-0.25, -0.2) is 0 Å². The summed E-state index contributed by atoms with van der Waals surface area (Å²) in [5, 5.41) is 7.87. The molecular weight excluding hydrogens is 566 g/mol. The molecule has 0 saturated carbocycles. The van der Waals surface area contributed by atoms with Gasteiger partial charge in [0.2, 0.25) is 5.91 Å². The molecule has 10 heteroatoms. The first-order valence-corrected chi connectivity index (χ1v) is 16.9. The van der Waals surface area contributed by atoms with Gasteiger partial charge >= 0.3 is 0 Å². The average Bonchev–Trinajstić information content (AvgIpc) is 3.34. The van der Waals surface area contributed by atoms with Crippen molar-refractivity contribution < 1.29 is 27.3 Å². The number of allylic oxidation sites excluding steroid dienone is 2. The van der Waals surface area contributed by atoms with E-state index < -0.39 is 20.9 Å². The Morgan fingerprint density at radius 2 is 1.56 bits per heavy atom. The molecule has 1 aliphatic rings. The van der Waals surface area contributed by atoms with Crippen LogP contribution in [0.25, 0.3) is 0 Å². The van der Waals surface area contributed by atoms with Crippen molar-refractivity contribution in [3.63, 3.8) is 0 Å². The second-order valence-electron chi connectivity index (χ2n) is 10.8. The van der Waals surface area contributed by atoms with Crippen LogP contribution in [0.15, 0.2) is 70.7 Å². The molecule has 0 atom stereocenters. The van der Waals surface area contributed by atoms with Crippen LogP contribution in [0.4, 0.5) is 5.69 Å². The minimum atomic E-state index is -4.67. The number of nitrogens with zero attached hydrogens (tertiary/aromatic N) is 2. The molecule has 43 heavy (non-hydrogen) atoms. The van der Waals surface area contributed by atoms with Crippen molar-refractivity contribution in [1.29, 1.82) is 0 Å². The Kier molecular flexibility index (Phi) is 14.4. The second-order valence-corrected chi connectivity index (χ2v) is 12.2. The highest BCUT2D eigenvalue weighted by atomic mass is 32.2. The van der Waals surface area contributed by atoms with Gasteiger partial charge in [-0.15, -0.1) is 0 Å². The normalized spacial score (nSPS) is 13.5. The SMILES string of the molecule is CCCCCCCCCCC/C=C\CCCCC(=O)NC1=NN(c2ccc(Oc3ccccc3)c(S(=O)(=O)O)c2)C(=O)C1. The zero-order chi connectivity index (χ0) is 30.9. The van der Waals surface area contributed by atoms with Gasteiger partial charge in [-0.2, -0.15) is 18.5 Å². The molecule has 9 nitrogen and oxygen atoms in total. The molecule has 0 radical (unpaired) electrons. The first-order chi connectivity index (χ1) is 20.8. The van der Waals surface area contributed by atoms with Gasteiger partial charge in [0.05, 0.1) is 12.1 Å². The highest BCUT2D eigenvalue weighted by Crippen LogP contribution is 2.33. The number of rotatable bonds is 19. The maximum absolute atomic E-state index is 12.6. The fourth-order valence-corrected chi connectivity index (χ4v) is 5.44. The van der Waals surface area contributed by atoms with Gasteiger partial charge in [0.25, 0.3) is 16.0 Å². The third-order valence-electron chi connectivity index (χ3n) is 7.15. The van der Waals surface area contributed by atoms with E-state index in [0.29, 0.717) is 12.2 Å². The summed E-state index contributed by atoms with van der Waals surface area (Å²) in [5.74, 6) is -0.193. The first kappa shape index (κ1) is 34.0. The third kappa shape index (κ3) is 12.3. The number of hydrogen-bond donors (Lipinski definition) is 2. The number of amidine groups is 1. The van der Waals surface area contributed by atoms with Crippen molar-refractivity contribution in [2.24, 2.45) is 5.10 Å². The molecule has 0 saturated heterocycles. The summed E-state index contributed by atoms with van der Waals surface area (Å²) in [4.78, 5) is 24.5. The lowest BCUT2D eigenvalue weighted by Crippen LogP contribution is -2.29. The lowest BCUT2D eigenvalue weighted by Gasteiger charge is -2.15. The summed E-state index contributed by atoms with van der Waals surface area (Å²) in [6, 6.07) is 12.4. The molecular formula is C33H45N3O6S. The summed E-state index contributed by atoms with van der Waals surface area (Å²) in [7, 11) is -4.67. The van der Waals surface area contributed by atoms with E-state index in [2.05, 4.69) is 29.5 Å². The van der Waals surface area contributed by atoms with Crippen LogP contribution in [-0.4, -0.2) is 30.6 Å². The zero-order valence-electron chi connectivity index (χ0n) is 25.2. The number of anilines is 1. The van der Waals surface area contributed by atoms with Gasteiger partial charge in [-0.3, -0.25) is 14.1 Å². The van der Waals surface area contributed by atoms with Gasteiger partial charge in [-0.1, -0.05) is 88.6 Å². The molecule has 2 amide bonds. The smallest absolute Gasteiger partial charge is 0.298 e. The minimum absolute atomic E-state index is 0.0973. The molecule has 1 heterocycles. The summed E-state index contributed by atoms with van der Waals surface area (Å²) >= 11 is 0. The van der Waals surface area contributed by atoms with E-state index in [9.17, 15) is 22.6 Å². The number of nitrogens with one attached hydrogen (secondary N) is 1. The maximum atomic E-state index is 12.6. The fraction of sp³-hybridized carbons (Fsp3) is 0.485. The number of carbonyl (C=O) groups is 2. The average molecular weight is 612 g/mol. The van der Waals surface area contributed by atoms with Crippen molar-refractivity contribution in [3.05, 3.63) is 60.7 Å². The maximum Gasteiger partial charge on any atom is 0.298 e. The fourth-order valence-electron chi connectivity index (χ4n) is 4.81. The van der Waals surface area contributed by atoms with E-state index in [4.69, 9.17) is 4.74 Å². The van der Waals surface area contributed by atoms with Crippen LogP contribution in [0.2, 0.25) is 0 Å². The van der Waals surface area contributed by atoms with Crippen LogP contribution < -0.4 is 15.1 Å². The molecule has 3 rings (SSSR count). The highest BCUT2D eigenvalue weighted by Gasteiger charge is 2.28. The van der Waals surface area contributed by atoms with E-state index in [1.165, 1.54) is 69.9 Å². The Balaban J connectivity index is 1.38. The van der Waals surface area contributed by atoms with Gasteiger partial charge in [-0.05, 0) is 62.4 Å².